The van der Waals surface area contributed by atoms with Crippen molar-refractivity contribution in [3.63, 3.8) is 0 Å². The number of nitrogens with one attached hydrogen (secondary N) is 1. The number of rotatable bonds is 5. The van der Waals surface area contributed by atoms with Crippen LogP contribution >= 0.6 is 0 Å². The third-order valence-electron chi connectivity index (χ3n) is 2.53. The largest absolute Gasteiger partial charge is 0.489 e. The summed E-state index contributed by atoms with van der Waals surface area (Å²) in [5.74, 6) is -0.170. The maximum Gasteiger partial charge on any atom is 0.419 e. The number of ether oxygens (including phenoxy) is 1. The quantitative estimate of drug-likeness (QED) is 0.821. The van der Waals surface area contributed by atoms with Crippen molar-refractivity contribution in [1.82, 2.24) is 5.32 Å². The summed E-state index contributed by atoms with van der Waals surface area (Å²) in [6.07, 6.45) is -3.02. The highest BCUT2D eigenvalue weighted by Crippen LogP contribution is 2.36. The summed E-state index contributed by atoms with van der Waals surface area (Å²) in [6.45, 7) is 9.71. The first-order chi connectivity index (χ1) is 9.13. The number of hydrogen-bond donors (Lipinski definition) is 1. The van der Waals surface area contributed by atoms with E-state index in [0.717, 1.165) is 6.07 Å². The van der Waals surface area contributed by atoms with Gasteiger partial charge in [0.25, 0.3) is 0 Å². The fraction of sp³-hybridized carbons (Fsp3) is 0.467. The standard InChI is InChI=1S/C15H20F3NO/c1-5-8-20-13-7-6-11(10-19-14(2,3)4)9-12(13)15(16,17)18/h5-7,9,19H,1,8,10H2,2-4H3. The molecule has 0 amide bonds. The van der Waals surface area contributed by atoms with Crippen LogP contribution in [0.4, 0.5) is 13.2 Å². The highest BCUT2D eigenvalue weighted by Gasteiger charge is 2.34. The van der Waals surface area contributed by atoms with Gasteiger partial charge >= 0.3 is 6.18 Å². The second-order valence-corrected chi connectivity index (χ2v) is 5.53. The number of halogens is 3. The molecular formula is C15H20F3NO. The molecule has 1 rings (SSSR count). The summed E-state index contributed by atoms with van der Waals surface area (Å²) in [5, 5.41) is 3.16. The maximum atomic E-state index is 13.0. The molecule has 0 aliphatic heterocycles. The Bertz CT molecular complexity index is 461. The van der Waals surface area contributed by atoms with Gasteiger partial charge in [-0.05, 0) is 38.5 Å². The first-order valence-electron chi connectivity index (χ1n) is 6.32. The van der Waals surface area contributed by atoms with E-state index in [0.29, 0.717) is 12.1 Å². The highest BCUT2D eigenvalue weighted by atomic mass is 19.4. The van der Waals surface area contributed by atoms with Gasteiger partial charge in [0.1, 0.15) is 12.4 Å². The summed E-state index contributed by atoms with van der Waals surface area (Å²) in [7, 11) is 0. The van der Waals surface area contributed by atoms with E-state index in [2.05, 4.69) is 11.9 Å². The Labute approximate surface area is 117 Å². The zero-order valence-electron chi connectivity index (χ0n) is 12.0. The van der Waals surface area contributed by atoms with Gasteiger partial charge in [0, 0.05) is 12.1 Å². The second-order valence-electron chi connectivity index (χ2n) is 5.53. The van der Waals surface area contributed by atoms with Gasteiger partial charge in [-0.3, -0.25) is 0 Å². The van der Waals surface area contributed by atoms with Crippen LogP contribution in [-0.4, -0.2) is 12.1 Å². The number of hydrogen-bond acceptors (Lipinski definition) is 2. The molecule has 0 saturated carbocycles. The average Bonchev–Trinajstić information content (AvgIpc) is 2.32. The van der Waals surface area contributed by atoms with Crippen molar-refractivity contribution in [1.29, 1.82) is 0 Å². The van der Waals surface area contributed by atoms with Crippen LogP contribution in [0.3, 0.4) is 0 Å². The van der Waals surface area contributed by atoms with Crippen molar-refractivity contribution in [3.8, 4) is 5.75 Å². The average molecular weight is 287 g/mol. The molecule has 0 saturated heterocycles. The van der Waals surface area contributed by atoms with Crippen LogP contribution in [-0.2, 0) is 12.7 Å². The lowest BCUT2D eigenvalue weighted by Crippen LogP contribution is -2.35. The molecule has 20 heavy (non-hydrogen) atoms. The van der Waals surface area contributed by atoms with Crippen molar-refractivity contribution in [3.05, 3.63) is 42.0 Å². The van der Waals surface area contributed by atoms with E-state index in [-0.39, 0.29) is 17.9 Å². The molecule has 0 aliphatic rings. The lowest BCUT2D eigenvalue weighted by molar-refractivity contribution is -0.138. The minimum Gasteiger partial charge on any atom is -0.489 e. The van der Waals surface area contributed by atoms with Gasteiger partial charge in [-0.2, -0.15) is 13.2 Å². The highest BCUT2D eigenvalue weighted by molar-refractivity contribution is 5.39. The van der Waals surface area contributed by atoms with E-state index in [1.807, 2.05) is 20.8 Å². The van der Waals surface area contributed by atoms with Crippen LogP contribution < -0.4 is 10.1 Å². The summed E-state index contributed by atoms with van der Waals surface area (Å²) in [6, 6.07) is 4.11. The molecule has 1 aromatic rings. The first kappa shape index (κ1) is 16.6. The zero-order valence-corrected chi connectivity index (χ0v) is 12.0. The second kappa shape index (κ2) is 6.31. The lowest BCUT2D eigenvalue weighted by Gasteiger charge is -2.21. The molecular weight excluding hydrogens is 267 g/mol. The van der Waals surface area contributed by atoms with Crippen molar-refractivity contribution in [2.75, 3.05) is 6.61 Å². The molecule has 112 valence electrons. The molecule has 0 heterocycles. The topological polar surface area (TPSA) is 21.3 Å². The normalized spacial score (nSPS) is 12.3. The molecule has 0 aliphatic carbocycles. The molecule has 0 spiro atoms. The van der Waals surface area contributed by atoms with Crippen LogP contribution in [0.15, 0.2) is 30.9 Å². The summed E-state index contributed by atoms with van der Waals surface area (Å²) >= 11 is 0. The summed E-state index contributed by atoms with van der Waals surface area (Å²) in [5.41, 5.74) is -0.345. The van der Waals surface area contributed by atoms with E-state index >= 15 is 0 Å². The van der Waals surface area contributed by atoms with Gasteiger partial charge < -0.3 is 10.1 Å². The third-order valence-corrected chi connectivity index (χ3v) is 2.53. The van der Waals surface area contributed by atoms with Crippen LogP contribution in [0.5, 0.6) is 5.75 Å². The molecule has 2 nitrogen and oxygen atoms in total. The predicted octanol–water partition coefficient (Wildman–Crippen LogP) is 4.16. The molecule has 0 aromatic heterocycles. The van der Waals surface area contributed by atoms with Gasteiger partial charge in [0.05, 0.1) is 5.56 Å². The minimum atomic E-state index is -4.44. The van der Waals surface area contributed by atoms with E-state index in [1.165, 1.54) is 12.1 Å². The Balaban J connectivity index is 2.99. The Morgan fingerprint density at radius 2 is 1.90 bits per heavy atom. The van der Waals surface area contributed by atoms with Gasteiger partial charge in [0.2, 0.25) is 0 Å². The van der Waals surface area contributed by atoms with Crippen molar-refractivity contribution >= 4 is 0 Å². The molecule has 0 radical (unpaired) electrons. The minimum absolute atomic E-state index is 0.0443. The Morgan fingerprint density at radius 3 is 2.40 bits per heavy atom. The lowest BCUT2D eigenvalue weighted by atomic mass is 10.1. The third kappa shape index (κ3) is 5.25. The monoisotopic (exact) mass is 287 g/mol. The Hall–Kier alpha value is -1.49. The van der Waals surface area contributed by atoms with Gasteiger partial charge in [-0.15, -0.1) is 0 Å². The van der Waals surface area contributed by atoms with Crippen molar-refractivity contribution in [2.24, 2.45) is 0 Å². The van der Waals surface area contributed by atoms with Crippen LogP contribution in [0.1, 0.15) is 31.9 Å². The number of benzene rings is 1. The fourth-order valence-electron chi connectivity index (χ4n) is 1.55. The predicted molar refractivity (Wildman–Crippen MR) is 73.7 cm³/mol. The van der Waals surface area contributed by atoms with E-state index in [4.69, 9.17) is 4.74 Å². The molecule has 5 heteroatoms. The zero-order chi connectivity index (χ0) is 15.4. The molecule has 0 unspecified atom stereocenters. The SMILES string of the molecule is C=CCOc1ccc(CNC(C)(C)C)cc1C(F)(F)F. The molecule has 1 aromatic carbocycles. The van der Waals surface area contributed by atoms with Crippen molar-refractivity contribution in [2.45, 2.75) is 39.0 Å². The first-order valence-corrected chi connectivity index (χ1v) is 6.32. The van der Waals surface area contributed by atoms with Crippen LogP contribution in [0.25, 0.3) is 0 Å². The molecule has 0 fully saturated rings. The fourth-order valence-corrected chi connectivity index (χ4v) is 1.55. The molecule has 1 N–H and O–H groups in total. The molecule has 0 atom stereocenters. The van der Waals surface area contributed by atoms with Gasteiger partial charge in [-0.25, -0.2) is 0 Å². The van der Waals surface area contributed by atoms with E-state index in [1.54, 1.807) is 6.07 Å². The van der Waals surface area contributed by atoms with Crippen LogP contribution in [0, 0.1) is 0 Å². The summed E-state index contributed by atoms with van der Waals surface area (Å²) < 4.78 is 44.1. The van der Waals surface area contributed by atoms with Crippen LogP contribution in [0.2, 0.25) is 0 Å². The van der Waals surface area contributed by atoms with E-state index < -0.39 is 11.7 Å². The van der Waals surface area contributed by atoms with E-state index in [9.17, 15) is 13.2 Å². The summed E-state index contributed by atoms with van der Waals surface area (Å²) in [4.78, 5) is 0. The van der Waals surface area contributed by atoms with Gasteiger partial charge in [0.15, 0.2) is 0 Å². The Kier molecular flexibility index (Phi) is 5.22. The molecule has 0 bridgehead atoms. The Morgan fingerprint density at radius 1 is 1.25 bits per heavy atom. The number of alkyl halides is 3. The van der Waals surface area contributed by atoms with Crippen molar-refractivity contribution < 1.29 is 17.9 Å². The van der Waals surface area contributed by atoms with Gasteiger partial charge in [-0.1, -0.05) is 18.7 Å². The smallest absolute Gasteiger partial charge is 0.419 e. The maximum absolute atomic E-state index is 13.0.